The minimum Gasteiger partial charge on any atom is -0.393 e. The minimum atomic E-state index is -0.102. The number of fused-ring (bicyclic) bond motifs is 5. The summed E-state index contributed by atoms with van der Waals surface area (Å²) < 4.78 is 0. The predicted molar refractivity (Wildman–Crippen MR) is 122 cm³/mol. The van der Waals surface area contributed by atoms with Gasteiger partial charge in [0.2, 0.25) is 0 Å². The molecule has 0 bridgehead atoms. The van der Waals surface area contributed by atoms with Gasteiger partial charge < -0.3 is 5.11 Å². The van der Waals surface area contributed by atoms with Crippen LogP contribution in [0.15, 0.2) is 23.3 Å². The molecule has 1 heteroatoms. The van der Waals surface area contributed by atoms with E-state index in [-0.39, 0.29) is 6.10 Å². The molecule has 1 nitrogen and oxygen atoms in total. The van der Waals surface area contributed by atoms with Crippen LogP contribution in [0.2, 0.25) is 0 Å². The monoisotopic (exact) mass is 396 g/mol. The summed E-state index contributed by atoms with van der Waals surface area (Å²) in [6.07, 6.45) is 22.6. The number of aliphatic hydroxyl groups is 1. The molecule has 0 aromatic carbocycles. The Morgan fingerprint density at radius 1 is 0.931 bits per heavy atom. The second kappa shape index (κ2) is 7.54. The summed E-state index contributed by atoms with van der Waals surface area (Å²) in [7, 11) is 0. The Balaban J connectivity index is 1.36. The zero-order valence-electron chi connectivity index (χ0n) is 19.3. The number of hydrogen-bond donors (Lipinski definition) is 1. The highest BCUT2D eigenvalue weighted by molar-refractivity contribution is 5.38. The van der Waals surface area contributed by atoms with Gasteiger partial charge in [0, 0.05) is 0 Å². The van der Waals surface area contributed by atoms with Crippen LogP contribution >= 0.6 is 0 Å². The van der Waals surface area contributed by atoms with Gasteiger partial charge in [0.1, 0.15) is 0 Å². The Hall–Kier alpha value is -0.560. The van der Waals surface area contributed by atoms with Gasteiger partial charge >= 0.3 is 0 Å². The van der Waals surface area contributed by atoms with Gasteiger partial charge in [-0.1, -0.05) is 76.2 Å². The van der Waals surface area contributed by atoms with Crippen molar-refractivity contribution in [3.05, 3.63) is 23.3 Å². The summed E-state index contributed by atoms with van der Waals surface area (Å²) in [5.41, 5.74) is 4.23. The minimum absolute atomic E-state index is 0.102. The molecule has 0 aliphatic heterocycles. The molecule has 0 heterocycles. The molecule has 0 aromatic rings. The molecule has 0 aromatic heterocycles. The summed E-state index contributed by atoms with van der Waals surface area (Å²) in [6, 6.07) is 0. The van der Waals surface area contributed by atoms with E-state index < -0.39 is 0 Å². The van der Waals surface area contributed by atoms with E-state index in [2.05, 4.69) is 32.9 Å². The summed E-state index contributed by atoms with van der Waals surface area (Å²) in [4.78, 5) is 0. The van der Waals surface area contributed by atoms with Gasteiger partial charge in [-0.2, -0.15) is 0 Å². The fraction of sp³-hybridized carbons (Fsp3) is 0.857. The number of rotatable bonds is 3. The lowest BCUT2D eigenvalue weighted by atomic mass is 9.50. The summed E-state index contributed by atoms with van der Waals surface area (Å²) in [5.74, 6) is 4.43. The van der Waals surface area contributed by atoms with Crippen LogP contribution in [0, 0.1) is 40.4 Å². The highest BCUT2D eigenvalue weighted by atomic mass is 16.3. The molecule has 0 amide bonds. The van der Waals surface area contributed by atoms with Crippen molar-refractivity contribution in [3.63, 3.8) is 0 Å². The Bertz CT molecular complexity index is 682. The maximum atomic E-state index is 10.2. The zero-order chi connectivity index (χ0) is 20.2. The topological polar surface area (TPSA) is 20.2 Å². The van der Waals surface area contributed by atoms with Crippen molar-refractivity contribution in [3.8, 4) is 0 Å². The molecule has 0 radical (unpaired) electrons. The molecule has 162 valence electrons. The second-order valence-electron chi connectivity index (χ2n) is 12.2. The van der Waals surface area contributed by atoms with Crippen molar-refractivity contribution in [1.82, 2.24) is 0 Å². The molecule has 0 saturated heterocycles. The van der Waals surface area contributed by atoms with E-state index >= 15 is 0 Å². The first-order valence-electron chi connectivity index (χ1n) is 13.0. The molecule has 29 heavy (non-hydrogen) atoms. The highest BCUT2D eigenvalue weighted by Gasteiger charge is 2.57. The first-order chi connectivity index (χ1) is 13.9. The number of aliphatic hydroxyl groups excluding tert-OH is 1. The van der Waals surface area contributed by atoms with Gasteiger partial charge in [0.05, 0.1) is 6.10 Å². The van der Waals surface area contributed by atoms with Crippen LogP contribution in [-0.4, -0.2) is 11.2 Å². The Labute approximate surface area is 179 Å². The smallest absolute Gasteiger partial charge is 0.0578 e. The van der Waals surface area contributed by atoms with Gasteiger partial charge in [-0.15, -0.1) is 0 Å². The van der Waals surface area contributed by atoms with E-state index in [1.165, 1.54) is 70.6 Å². The molecule has 4 fully saturated rings. The maximum absolute atomic E-state index is 10.2. The molecule has 1 N–H and O–H groups in total. The van der Waals surface area contributed by atoms with Gasteiger partial charge in [-0.05, 0) is 91.8 Å². The van der Waals surface area contributed by atoms with E-state index in [9.17, 15) is 5.11 Å². The molecule has 5 aliphatic rings. The molecule has 4 saturated carbocycles. The largest absolute Gasteiger partial charge is 0.393 e. The highest BCUT2D eigenvalue weighted by Crippen LogP contribution is 2.66. The van der Waals surface area contributed by atoms with Crippen molar-refractivity contribution in [1.29, 1.82) is 0 Å². The number of hydrogen-bond acceptors (Lipinski definition) is 1. The van der Waals surface area contributed by atoms with Crippen LogP contribution in [0.25, 0.3) is 0 Å². The molecule has 5 aliphatic carbocycles. The Kier molecular flexibility index (Phi) is 5.29. The van der Waals surface area contributed by atoms with E-state index in [0.717, 1.165) is 42.4 Å². The molecular weight excluding hydrogens is 352 g/mol. The van der Waals surface area contributed by atoms with Gasteiger partial charge in [0.15, 0.2) is 0 Å². The van der Waals surface area contributed by atoms with E-state index in [1.807, 2.05) is 5.57 Å². The third-order valence-corrected chi connectivity index (χ3v) is 10.7. The third kappa shape index (κ3) is 3.29. The number of allylic oxidation sites excluding steroid dienone is 3. The first-order valence-corrected chi connectivity index (χ1v) is 13.0. The Morgan fingerprint density at radius 3 is 2.52 bits per heavy atom. The van der Waals surface area contributed by atoms with Crippen LogP contribution in [0.5, 0.6) is 0 Å². The van der Waals surface area contributed by atoms with Gasteiger partial charge in [-0.3, -0.25) is 0 Å². The van der Waals surface area contributed by atoms with Crippen LogP contribution < -0.4 is 0 Å². The fourth-order valence-electron chi connectivity index (χ4n) is 9.07. The van der Waals surface area contributed by atoms with Gasteiger partial charge in [0.25, 0.3) is 0 Å². The molecule has 1 unspecified atom stereocenters. The average molecular weight is 397 g/mol. The van der Waals surface area contributed by atoms with E-state index in [1.54, 1.807) is 5.57 Å². The van der Waals surface area contributed by atoms with Crippen LogP contribution in [0.1, 0.15) is 104 Å². The lowest BCUT2D eigenvalue weighted by Crippen LogP contribution is -2.46. The van der Waals surface area contributed by atoms with Crippen molar-refractivity contribution in [2.75, 3.05) is 0 Å². The van der Waals surface area contributed by atoms with Crippen LogP contribution in [0.4, 0.5) is 0 Å². The quantitative estimate of drug-likeness (QED) is 0.525. The van der Waals surface area contributed by atoms with Gasteiger partial charge in [-0.25, -0.2) is 0 Å². The molecule has 5 rings (SSSR count). The average Bonchev–Trinajstić information content (AvgIpc) is 3.06. The van der Waals surface area contributed by atoms with Crippen LogP contribution in [-0.2, 0) is 0 Å². The zero-order valence-corrected chi connectivity index (χ0v) is 19.3. The van der Waals surface area contributed by atoms with Crippen molar-refractivity contribution < 1.29 is 5.11 Å². The lowest BCUT2D eigenvalue weighted by molar-refractivity contribution is 0.0296. The SMILES string of the molecule is C[C@H](CC1CCCCC1)[C@H]1CC[C@H]2C3=CC=C4CC(O)CC[C@]4(C)[C@H]3CC[C@]12C. The van der Waals surface area contributed by atoms with E-state index in [0.29, 0.717) is 10.8 Å². The fourth-order valence-corrected chi connectivity index (χ4v) is 9.07. The summed E-state index contributed by atoms with van der Waals surface area (Å²) in [5, 5.41) is 10.2. The summed E-state index contributed by atoms with van der Waals surface area (Å²) >= 11 is 0. The molecule has 0 spiro atoms. The lowest BCUT2D eigenvalue weighted by Gasteiger charge is -2.55. The molecular formula is C28H44O. The van der Waals surface area contributed by atoms with Crippen LogP contribution in [0.3, 0.4) is 0 Å². The third-order valence-electron chi connectivity index (χ3n) is 10.7. The molecule has 7 atom stereocenters. The van der Waals surface area contributed by atoms with Crippen molar-refractivity contribution in [2.45, 2.75) is 110 Å². The predicted octanol–water partition coefficient (Wildman–Crippen LogP) is 7.45. The Morgan fingerprint density at radius 2 is 1.72 bits per heavy atom. The first kappa shape index (κ1) is 20.3. The normalized spacial score (nSPS) is 46.2. The van der Waals surface area contributed by atoms with Crippen molar-refractivity contribution >= 4 is 0 Å². The summed E-state index contributed by atoms with van der Waals surface area (Å²) in [6.45, 7) is 7.81. The van der Waals surface area contributed by atoms with E-state index in [4.69, 9.17) is 0 Å². The second-order valence-corrected chi connectivity index (χ2v) is 12.2. The maximum Gasteiger partial charge on any atom is 0.0578 e. The van der Waals surface area contributed by atoms with Crippen molar-refractivity contribution in [2.24, 2.45) is 40.4 Å². The standard InChI is InChI=1S/C28H44O/c1-19(17-20-7-5-4-6-8-20)24-11-12-25-23-10-9-21-18-22(29)13-15-27(21,2)26(23)14-16-28(24,25)3/h9-10,19-20,22,24-26,29H,4-8,11-18H2,1-3H3/t19-,22?,24-,25+,26+,27+,28-/m1/s1.